The third-order valence-electron chi connectivity index (χ3n) is 6.02. The monoisotopic (exact) mass is 467 g/mol. The molecule has 1 aliphatic rings. The van der Waals surface area contributed by atoms with Crippen LogP contribution >= 0.6 is 23.1 Å². The van der Waals surface area contributed by atoms with Gasteiger partial charge in [0.05, 0.1) is 12.0 Å². The van der Waals surface area contributed by atoms with Crippen LogP contribution in [0.25, 0.3) is 16.7 Å². The molecular weight excluding hydrogens is 442 g/mol. The molecule has 0 bridgehead atoms. The van der Waals surface area contributed by atoms with E-state index in [0.29, 0.717) is 17.6 Å². The third-order valence-corrected chi connectivity index (χ3v) is 7.72. The average Bonchev–Trinajstić information content (AvgIpc) is 3.59. The van der Waals surface area contributed by atoms with Gasteiger partial charge in [0, 0.05) is 34.6 Å². The van der Waals surface area contributed by atoms with Gasteiger partial charge in [0.1, 0.15) is 0 Å². The second-order valence-corrected chi connectivity index (χ2v) is 9.91. The van der Waals surface area contributed by atoms with E-state index < -0.39 is 0 Å². The SMILES string of the molecule is Cc1cc(C(=O)CSc2nnc(-c3ccco3)n2C2CCCCC2)c(C)n1-c1nccs1. The topological polar surface area (TPSA) is 78.7 Å². The van der Waals surface area contributed by atoms with E-state index in [4.69, 9.17) is 4.42 Å². The van der Waals surface area contributed by atoms with Crippen molar-refractivity contribution in [2.24, 2.45) is 0 Å². The largest absolute Gasteiger partial charge is 0.461 e. The molecule has 166 valence electrons. The quantitative estimate of drug-likeness (QED) is 0.249. The van der Waals surface area contributed by atoms with Crippen LogP contribution in [0.15, 0.2) is 45.6 Å². The fourth-order valence-corrected chi connectivity index (χ4v) is 6.13. The Hall–Kier alpha value is -2.65. The number of aromatic nitrogens is 5. The van der Waals surface area contributed by atoms with E-state index in [9.17, 15) is 4.79 Å². The Labute approximate surface area is 194 Å². The highest BCUT2D eigenvalue weighted by molar-refractivity contribution is 7.99. The summed E-state index contributed by atoms with van der Waals surface area (Å²) >= 11 is 3.02. The van der Waals surface area contributed by atoms with Gasteiger partial charge in [-0.2, -0.15) is 0 Å². The molecule has 1 saturated carbocycles. The molecule has 0 atom stereocenters. The van der Waals surface area contributed by atoms with Gasteiger partial charge in [-0.3, -0.25) is 13.9 Å². The molecule has 7 nitrogen and oxygen atoms in total. The van der Waals surface area contributed by atoms with Gasteiger partial charge in [0.2, 0.25) is 5.82 Å². The van der Waals surface area contributed by atoms with E-state index in [0.717, 1.165) is 45.9 Å². The first-order valence-corrected chi connectivity index (χ1v) is 12.7. The number of nitrogens with zero attached hydrogens (tertiary/aromatic N) is 5. The van der Waals surface area contributed by atoms with Gasteiger partial charge < -0.3 is 4.42 Å². The lowest BCUT2D eigenvalue weighted by Gasteiger charge is -2.25. The van der Waals surface area contributed by atoms with E-state index in [1.54, 1.807) is 23.8 Å². The number of thiazole rings is 1. The van der Waals surface area contributed by atoms with Crippen LogP contribution in [0, 0.1) is 13.8 Å². The van der Waals surface area contributed by atoms with Crippen molar-refractivity contribution in [1.82, 2.24) is 24.3 Å². The summed E-state index contributed by atoms with van der Waals surface area (Å²) in [6, 6.07) is 6.08. The standard InChI is InChI=1S/C23H25N5O2S2/c1-15-13-18(16(2)27(15)22-24-10-12-31-22)19(29)14-32-23-26-25-21(20-9-6-11-30-20)28(23)17-7-4-3-5-8-17/h6,9-13,17H,3-5,7-8,14H2,1-2H3. The normalized spacial score (nSPS) is 14.8. The fraction of sp³-hybridized carbons (Fsp3) is 0.391. The maximum atomic E-state index is 13.2. The summed E-state index contributed by atoms with van der Waals surface area (Å²) in [6.45, 7) is 3.99. The smallest absolute Gasteiger partial charge is 0.200 e. The zero-order valence-electron chi connectivity index (χ0n) is 18.2. The zero-order chi connectivity index (χ0) is 22.1. The van der Waals surface area contributed by atoms with Gasteiger partial charge in [-0.25, -0.2) is 4.98 Å². The third kappa shape index (κ3) is 3.95. The van der Waals surface area contributed by atoms with Crippen molar-refractivity contribution in [1.29, 1.82) is 0 Å². The number of hydrogen-bond acceptors (Lipinski definition) is 7. The van der Waals surface area contributed by atoms with Crippen molar-refractivity contribution in [3.63, 3.8) is 0 Å². The average molecular weight is 468 g/mol. The van der Waals surface area contributed by atoms with E-state index in [2.05, 4.69) is 19.7 Å². The molecule has 0 N–H and O–H groups in total. The first-order chi connectivity index (χ1) is 15.6. The molecule has 9 heteroatoms. The van der Waals surface area contributed by atoms with Crippen molar-refractivity contribution in [3.05, 3.63) is 53.0 Å². The van der Waals surface area contributed by atoms with E-state index >= 15 is 0 Å². The Morgan fingerprint density at radius 3 is 2.81 bits per heavy atom. The zero-order valence-corrected chi connectivity index (χ0v) is 19.8. The van der Waals surface area contributed by atoms with E-state index in [1.807, 2.05) is 42.0 Å². The second-order valence-electron chi connectivity index (χ2n) is 8.09. The number of thioether (sulfide) groups is 1. The van der Waals surface area contributed by atoms with Gasteiger partial charge in [-0.15, -0.1) is 21.5 Å². The van der Waals surface area contributed by atoms with Crippen molar-refractivity contribution in [2.45, 2.75) is 57.1 Å². The molecule has 0 amide bonds. The van der Waals surface area contributed by atoms with Crippen LogP contribution in [0.4, 0.5) is 0 Å². The molecule has 4 heterocycles. The second kappa shape index (κ2) is 9.07. The highest BCUT2D eigenvalue weighted by atomic mass is 32.2. The van der Waals surface area contributed by atoms with Crippen LogP contribution in [0.2, 0.25) is 0 Å². The predicted molar refractivity (Wildman–Crippen MR) is 126 cm³/mol. The lowest BCUT2D eigenvalue weighted by molar-refractivity contribution is 0.102. The Kier molecular flexibility index (Phi) is 6.01. The van der Waals surface area contributed by atoms with Crippen molar-refractivity contribution in [2.75, 3.05) is 5.75 Å². The number of carbonyl (C=O) groups is 1. The first kappa shape index (κ1) is 21.2. The summed E-state index contributed by atoms with van der Waals surface area (Å²) in [5, 5.41) is 12.5. The molecular formula is C23H25N5O2S2. The van der Waals surface area contributed by atoms with Crippen LogP contribution in [0.5, 0.6) is 0 Å². The highest BCUT2D eigenvalue weighted by Gasteiger charge is 2.26. The molecule has 4 aromatic heterocycles. The number of furan rings is 1. The minimum atomic E-state index is 0.0867. The molecule has 4 aromatic rings. The van der Waals surface area contributed by atoms with Crippen molar-refractivity contribution >= 4 is 28.9 Å². The van der Waals surface area contributed by atoms with E-state index in [-0.39, 0.29) is 5.78 Å². The lowest BCUT2D eigenvalue weighted by Crippen LogP contribution is -2.15. The Bertz CT molecular complexity index is 1200. The Balaban J connectivity index is 1.39. The summed E-state index contributed by atoms with van der Waals surface area (Å²) in [5.41, 5.74) is 2.67. The summed E-state index contributed by atoms with van der Waals surface area (Å²) in [4.78, 5) is 17.6. The predicted octanol–water partition coefficient (Wildman–Crippen LogP) is 5.88. The fourth-order valence-electron chi connectivity index (χ4n) is 4.49. The molecule has 0 aromatic carbocycles. The number of rotatable bonds is 7. The van der Waals surface area contributed by atoms with Gasteiger partial charge in [-0.05, 0) is 44.9 Å². The highest BCUT2D eigenvalue weighted by Crippen LogP contribution is 2.36. The van der Waals surface area contributed by atoms with Crippen LogP contribution < -0.4 is 0 Å². The van der Waals surface area contributed by atoms with Crippen molar-refractivity contribution < 1.29 is 9.21 Å². The molecule has 0 unspecified atom stereocenters. The number of hydrogen-bond donors (Lipinski definition) is 0. The number of aryl methyl sites for hydroxylation is 1. The summed E-state index contributed by atoms with van der Waals surface area (Å²) in [5.74, 6) is 1.86. The Morgan fingerprint density at radius 1 is 1.25 bits per heavy atom. The van der Waals surface area contributed by atoms with Gasteiger partial charge in [0.25, 0.3) is 0 Å². The van der Waals surface area contributed by atoms with Crippen LogP contribution in [-0.2, 0) is 0 Å². The first-order valence-electron chi connectivity index (χ1n) is 10.9. The van der Waals surface area contributed by atoms with E-state index in [1.165, 1.54) is 31.0 Å². The molecule has 0 radical (unpaired) electrons. The van der Waals surface area contributed by atoms with Gasteiger partial charge in [-0.1, -0.05) is 31.0 Å². The minimum Gasteiger partial charge on any atom is -0.461 e. The van der Waals surface area contributed by atoms with Gasteiger partial charge in [0.15, 0.2) is 21.8 Å². The molecule has 0 saturated heterocycles. The van der Waals surface area contributed by atoms with Crippen LogP contribution in [0.1, 0.15) is 59.9 Å². The molecule has 0 aliphatic heterocycles. The lowest BCUT2D eigenvalue weighted by atomic mass is 9.95. The molecule has 32 heavy (non-hydrogen) atoms. The summed E-state index contributed by atoms with van der Waals surface area (Å²) < 4.78 is 9.85. The molecule has 1 aliphatic carbocycles. The molecule has 0 spiro atoms. The summed E-state index contributed by atoms with van der Waals surface area (Å²) in [6.07, 6.45) is 9.31. The Morgan fingerprint density at radius 2 is 2.09 bits per heavy atom. The van der Waals surface area contributed by atoms with Crippen molar-refractivity contribution in [3.8, 4) is 16.7 Å². The maximum Gasteiger partial charge on any atom is 0.200 e. The van der Waals surface area contributed by atoms with Crippen LogP contribution in [0.3, 0.4) is 0 Å². The maximum absolute atomic E-state index is 13.2. The summed E-state index contributed by atoms with van der Waals surface area (Å²) in [7, 11) is 0. The minimum absolute atomic E-state index is 0.0867. The number of Topliss-reactive ketones (excluding diaryl/α,β-unsaturated/α-hetero) is 1. The molecule has 5 rings (SSSR count). The number of carbonyl (C=O) groups excluding carboxylic acids is 1. The number of ketones is 1. The van der Waals surface area contributed by atoms with Gasteiger partial charge >= 0.3 is 0 Å². The molecule has 1 fully saturated rings. The van der Waals surface area contributed by atoms with Crippen LogP contribution in [-0.4, -0.2) is 35.9 Å².